The maximum absolute atomic E-state index is 13.5. The van der Waals surface area contributed by atoms with Crippen molar-refractivity contribution in [3.8, 4) is 6.07 Å². The van der Waals surface area contributed by atoms with Crippen LogP contribution in [0.4, 0.5) is 10.1 Å². The van der Waals surface area contributed by atoms with E-state index in [1.807, 2.05) is 6.07 Å². The molecule has 0 aliphatic carbocycles. The number of benzene rings is 1. The van der Waals surface area contributed by atoms with Crippen LogP contribution < -0.4 is 5.32 Å². The molecule has 0 radical (unpaired) electrons. The van der Waals surface area contributed by atoms with Gasteiger partial charge in [0.1, 0.15) is 28.6 Å². The molecule has 0 aliphatic heterocycles. The first-order valence-corrected chi connectivity index (χ1v) is 6.97. The van der Waals surface area contributed by atoms with Crippen molar-refractivity contribution in [2.75, 3.05) is 11.9 Å². The van der Waals surface area contributed by atoms with Gasteiger partial charge in [-0.05, 0) is 32.0 Å². The number of aromatic nitrogens is 1. The largest absolute Gasteiger partial charge is 0.464 e. The van der Waals surface area contributed by atoms with Crippen LogP contribution in [-0.4, -0.2) is 23.6 Å². The number of hydrogen-bond donors (Lipinski definition) is 1. The highest BCUT2D eigenvalue weighted by atomic mass is 35.5. The van der Waals surface area contributed by atoms with E-state index in [0.29, 0.717) is 10.9 Å². The molecule has 1 atom stereocenters. The van der Waals surface area contributed by atoms with E-state index in [0.717, 1.165) is 0 Å². The van der Waals surface area contributed by atoms with E-state index in [4.69, 9.17) is 16.3 Å². The van der Waals surface area contributed by atoms with Crippen molar-refractivity contribution in [3.05, 3.63) is 34.7 Å². The number of halogens is 2. The first-order chi connectivity index (χ1) is 10.5. The van der Waals surface area contributed by atoms with Crippen molar-refractivity contribution in [2.45, 2.75) is 19.9 Å². The molecule has 0 saturated heterocycles. The van der Waals surface area contributed by atoms with Crippen LogP contribution in [-0.2, 0) is 9.53 Å². The van der Waals surface area contributed by atoms with Crippen LogP contribution in [0, 0.1) is 17.1 Å². The van der Waals surface area contributed by atoms with Gasteiger partial charge in [0.15, 0.2) is 0 Å². The Kier molecular flexibility index (Phi) is 4.78. The number of fused-ring (bicyclic) bond motifs is 1. The van der Waals surface area contributed by atoms with Crippen LogP contribution in [0.2, 0.25) is 5.15 Å². The first kappa shape index (κ1) is 16.0. The van der Waals surface area contributed by atoms with Crippen LogP contribution in [0.15, 0.2) is 18.2 Å². The molecule has 22 heavy (non-hydrogen) atoms. The number of rotatable bonds is 4. The van der Waals surface area contributed by atoms with Crippen LogP contribution >= 0.6 is 11.6 Å². The second kappa shape index (κ2) is 6.58. The van der Waals surface area contributed by atoms with Crippen molar-refractivity contribution in [2.24, 2.45) is 0 Å². The standard InChI is InChI=1S/C15H13ClFN3O2/c1-3-22-15(21)8(2)19-13-10-6-9(17)4-5-12(10)20-14(16)11(13)7-18/h4-6,8H,3H2,1-2H3,(H,19,20). The Morgan fingerprint density at radius 1 is 1.59 bits per heavy atom. The Morgan fingerprint density at radius 2 is 2.32 bits per heavy atom. The van der Waals surface area contributed by atoms with Gasteiger partial charge in [0, 0.05) is 5.39 Å². The minimum Gasteiger partial charge on any atom is -0.464 e. The highest BCUT2D eigenvalue weighted by Crippen LogP contribution is 2.31. The summed E-state index contributed by atoms with van der Waals surface area (Å²) in [5.41, 5.74) is 0.734. The third-order valence-electron chi connectivity index (χ3n) is 3.02. The van der Waals surface area contributed by atoms with E-state index < -0.39 is 17.8 Å². The summed E-state index contributed by atoms with van der Waals surface area (Å²) in [4.78, 5) is 15.8. The van der Waals surface area contributed by atoms with Gasteiger partial charge in [0.25, 0.3) is 0 Å². The summed E-state index contributed by atoms with van der Waals surface area (Å²) in [6.45, 7) is 3.51. The summed E-state index contributed by atoms with van der Waals surface area (Å²) < 4.78 is 18.4. The third-order valence-corrected chi connectivity index (χ3v) is 3.29. The third kappa shape index (κ3) is 3.10. The van der Waals surface area contributed by atoms with E-state index in [-0.39, 0.29) is 23.0 Å². The number of esters is 1. The molecule has 2 rings (SSSR count). The Bertz CT molecular complexity index is 773. The van der Waals surface area contributed by atoms with E-state index in [1.54, 1.807) is 13.8 Å². The zero-order valence-electron chi connectivity index (χ0n) is 12.0. The fraction of sp³-hybridized carbons (Fsp3) is 0.267. The van der Waals surface area contributed by atoms with Crippen molar-refractivity contribution in [3.63, 3.8) is 0 Å². The lowest BCUT2D eigenvalue weighted by Crippen LogP contribution is -2.28. The molecule has 7 heteroatoms. The summed E-state index contributed by atoms with van der Waals surface area (Å²) in [7, 11) is 0. The van der Waals surface area contributed by atoms with Gasteiger partial charge in [-0.3, -0.25) is 0 Å². The summed E-state index contributed by atoms with van der Waals surface area (Å²) in [5.74, 6) is -0.962. The molecule has 0 fully saturated rings. The van der Waals surface area contributed by atoms with E-state index in [2.05, 4.69) is 10.3 Å². The zero-order valence-corrected chi connectivity index (χ0v) is 12.7. The highest BCUT2D eigenvalue weighted by Gasteiger charge is 2.20. The second-order valence-corrected chi connectivity index (χ2v) is 4.90. The second-order valence-electron chi connectivity index (χ2n) is 4.54. The quantitative estimate of drug-likeness (QED) is 0.691. The Balaban J connectivity index is 2.57. The predicted molar refractivity (Wildman–Crippen MR) is 81.1 cm³/mol. The van der Waals surface area contributed by atoms with Gasteiger partial charge >= 0.3 is 5.97 Å². The maximum atomic E-state index is 13.5. The van der Waals surface area contributed by atoms with Crippen LogP contribution in [0.1, 0.15) is 19.4 Å². The molecule has 1 unspecified atom stereocenters. The SMILES string of the molecule is CCOC(=O)C(C)Nc1c(C#N)c(Cl)nc2ccc(F)cc12. The molecule has 1 aromatic heterocycles. The smallest absolute Gasteiger partial charge is 0.328 e. The monoisotopic (exact) mass is 321 g/mol. The van der Waals surface area contributed by atoms with Gasteiger partial charge in [0.05, 0.1) is 17.8 Å². The minimum atomic E-state index is -0.725. The number of ether oxygens (including phenoxy) is 1. The lowest BCUT2D eigenvalue weighted by Gasteiger charge is -2.17. The normalized spacial score (nSPS) is 11.8. The number of nitrogens with one attached hydrogen (secondary N) is 1. The van der Waals surface area contributed by atoms with Gasteiger partial charge in [-0.1, -0.05) is 11.6 Å². The topological polar surface area (TPSA) is 75.0 Å². The Morgan fingerprint density at radius 3 is 2.95 bits per heavy atom. The Labute approximate surface area is 131 Å². The maximum Gasteiger partial charge on any atom is 0.328 e. The lowest BCUT2D eigenvalue weighted by molar-refractivity contribution is -0.143. The van der Waals surface area contributed by atoms with Crippen molar-refractivity contribution in [1.29, 1.82) is 5.26 Å². The average Bonchev–Trinajstić information content (AvgIpc) is 2.48. The molecule has 0 spiro atoms. The predicted octanol–water partition coefficient (Wildman–Crippen LogP) is 3.26. The molecule has 1 heterocycles. The van der Waals surface area contributed by atoms with Crippen LogP contribution in [0.25, 0.3) is 10.9 Å². The van der Waals surface area contributed by atoms with Gasteiger partial charge in [-0.25, -0.2) is 14.2 Å². The fourth-order valence-electron chi connectivity index (χ4n) is 2.00. The fourth-order valence-corrected chi connectivity index (χ4v) is 2.23. The number of hydrogen-bond acceptors (Lipinski definition) is 5. The van der Waals surface area contributed by atoms with E-state index >= 15 is 0 Å². The van der Waals surface area contributed by atoms with Crippen LogP contribution in [0.3, 0.4) is 0 Å². The molecule has 1 aromatic carbocycles. The van der Waals surface area contributed by atoms with Crippen molar-refractivity contribution in [1.82, 2.24) is 4.98 Å². The molecule has 5 nitrogen and oxygen atoms in total. The molecule has 1 N–H and O–H groups in total. The number of anilines is 1. The van der Waals surface area contributed by atoms with E-state index in [1.165, 1.54) is 18.2 Å². The van der Waals surface area contributed by atoms with E-state index in [9.17, 15) is 14.4 Å². The van der Waals surface area contributed by atoms with Gasteiger partial charge in [-0.2, -0.15) is 5.26 Å². The van der Waals surface area contributed by atoms with Gasteiger partial charge in [-0.15, -0.1) is 0 Å². The molecule has 0 aliphatic rings. The number of nitriles is 1. The summed E-state index contributed by atoms with van der Waals surface area (Å²) in [5, 5.41) is 12.5. The molecule has 0 saturated carbocycles. The van der Waals surface area contributed by atoms with Gasteiger partial charge < -0.3 is 10.1 Å². The number of nitrogens with zero attached hydrogens (tertiary/aromatic N) is 2. The lowest BCUT2D eigenvalue weighted by atomic mass is 10.1. The molecule has 114 valence electrons. The molecule has 2 aromatic rings. The van der Waals surface area contributed by atoms with Gasteiger partial charge in [0.2, 0.25) is 0 Å². The highest BCUT2D eigenvalue weighted by molar-refractivity contribution is 6.31. The number of carbonyl (C=O) groups is 1. The molecule has 0 amide bonds. The summed E-state index contributed by atoms with van der Waals surface area (Å²) >= 11 is 5.99. The molecular weight excluding hydrogens is 309 g/mol. The average molecular weight is 322 g/mol. The van der Waals surface area contributed by atoms with Crippen molar-refractivity contribution < 1.29 is 13.9 Å². The zero-order chi connectivity index (χ0) is 16.3. The summed E-state index contributed by atoms with van der Waals surface area (Å²) in [6.07, 6.45) is 0. The molecule has 0 bridgehead atoms. The molecular formula is C15H13ClFN3O2. The van der Waals surface area contributed by atoms with Crippen molar-refractivity contribution >= 4 is 34.2 Å². The number of pyridine rings is 1. The summed E-state index contributed by atoms with van der Waals surface area (Å²) in [6, 6.07) is 5.13. The first-order valence-electron chi connectivity index (χ1n) is 6.60. The van der Waals surface area contributed by atoms with Crippen LogP contribution in [0.5, 0.6) is 0 Å². The number of carbonyl (C=O) groups excluding carboxylic acids is 1. The Hall–Kier alpha value is -2.39. The minimum absolute atomic E-state index is 0.0137.